The Hall–Kier alpha value is -4.26. The molecule has 0 N–H and O–H groups in total. The highest BCUT2D eigenvalue weighted by atomic mass is 16.5. The second-order valence-electron chi connectivity index (χ2n) is 8.74. The molecule has 1 aliphatic heterocycles. The van der Waals surface area contributed by atoms with Crippen molar-refractivity contribution in [1.82, 2.24) is 4.90 Å². The third kappa shape index (κ3) is 4.53. The normalized spacial score (nSPS) is 14.6. The lowest BCUT2D eigenvalue weighted by Crippen LogP contribution is -2.31. The molecule has 1 aromatic heterocycles. The number of rotatable bonds is 9. The van der Waals surface area contributed by atoms with Gasteiger partial charge in [-0.15, -0.1) is 0 Å². The quantitative estimate of drug-likeness (QED) is 0.307. The number of hydrogen-bond donors (Lipinski definition) is 0. The predicted octanol–water partition coefficient (Wildman–Crippen LogP) is 5.39. The van der Waals surface area contributed by atoms with Crippen LogP contribution in [0.3, 0.4) is 0 Å². The van der Waals surface area contributed by atoms with Crippen molar-refractivity contribution >= 4 is 16.9 Å². The van der Waals surface area contributed by atoms with Crippen molar-refractivity contribution in [2.75, 3.05) is 26.9 Å². The van der Waals surface area contributed by atoms with Crippen LogP contribution in [0.25, 0.3) is 11.0 Å². The molecule has 190 valence electrons. The summed E-state index contributed by atoms with van der Waals surface area (Å²) < 4.78 is 22.9. The van der Waals surface area contributed by atoms with E-state index < -0.39 is 6.04 Å². The van der Waals surface area contributed by atoms with E-state index in [4.69, 9.17) is 18.6 Å². The molecule has 37 heavy (non-hydrogen) atoms. The minimum Gasteiger partial charge on any atom is -0.497 e. The number of benzene rings is 3. The zero-order chi connectivity index (χ0) is 25.9. The Balaban J connectivity index is 1.60. The third-order valence-electron chi connectivity index (χ3n) is 6.56. The summed E-state index contributed by atoms with van der Waals surface area (Å²) in [6.07, 6.45) is 0.600. The molecule has 0 saturated heterocycles. The Bertz CT molecular complexity index is 1490. The Morgan fingerprint density at radius 2 is 1.62 bits per heavy atom. The molecule has 7 nitrogen and oxygen atoms in total. The van der Waals surface area contributed by atoms with E-state index >= 15 is 0 Å². The number of carbonyl (C=O) groups excluding carboxylic acids is 1. The monoisotopic (exact) mass is 499 g/mol. The van der Waals surface area contributed by atoms with Crippen LogP contribution in [0, 0.1) is 0 Å². The molecule has 0 fully saturated rings. The molecular formula is C30H29NO6. The standard InChI is InChI=1S/C30H29NO6/c1-4-35-24-15-12-20(18-25(24)36-5-2)27-26-28(32)22-8-6-7-9-23(22)37-29(26)30(33)31(27)17-16-19-10-13-21(34-3)14-11-19/h6-15,18,27H,4-5,16-17H2,1-3H3. The minimum atomic E-state index is -0.614. The number of methoxy groups -OCH3 is 1. The third-order valence-corrected chi connectivity index (χ3v) is 6.56. The fraction of sp³-hybridized carbons (Fsp3) is 0.267. The van der Waals surface area contributed by atoms with Gasteiger partial charge in [0.15, 0.2) is 16.9 Å². The van der Waals surface area contributed by atoms with Crippen LogP contribution in [0.5, 0.6) is 17.2 Å². The van der Waals surface area contributed by atoms with Gasteiger partial charge in [0.1, 0.15) is 11.3 Å². The number of ether oxygens (including phenoxy) is 3. The maximum absolute atomic E-state index is 13.7. The summed E-state index contributed by atoms with van der Waals surface area (Å²) in [6, 6.07) is 19.7. The SMILES string of the molecule is CCOc1ccc(C2c3c(oc4ccccc4c3=O)C(=O)N2CCc2ccc(OC)cc2)cc1OCC. The molecule has 0 bridgehead atoms. The van der Waals surface area contributed by atoms with Crippen molar-refractivity contribution in [3.05, 3.63) is 99.4 Å². The van der Waals surface area contributed by atoms with Crippen molar-refractivity contribution in [1.29, 1.82) is 0 Å². The average Bonchev–Trinajstić information content (AvgIpc) is 3.20. The highest BCUT2D eigenvalue weighted by Crippen LogP contribution is 2.41. The first-order chi connectivity index (χ1) is 18.0. The Kier molecular flexibility index (Phi) is 6.86. The van der Waals surface area contributed by atoms with Gasteiger partial charge < -0.3 is 23.5 Å². The second-order valence-corrected chi connectivity index (χ2v) is 8.74. The molecule has 0 radical (unpaired) electrons. The molecule has 1 aliphatic rings. The van der Waals surface area contributed by atoms with E-state index in [1.165, 1.54) is 0 Å². The maximum atomic E-state index is 13.7. The van der Waals surface area contributed by atoms with E-state index in [-0.39, 0.29) is 17.1 Å². The Labute approximate surface area is 215 Å². The van der Waals surface area contributed by atoms with Gasteiger partial charge in [0, 0.05) is 6.54 Å². The summed E-state index contributed by atoms with van der Waals surface area (Å²) in [7, 11) is 1.63. The predicted molar refractivity (Wildman–Crippen MR) is 141 cm³/mol. The number of hydrogen-bond acceptors (Lipinski definition) is 6. The average molecular weight is 500 g/mol. The summed E-state index contributed by atoms with van der Waals surface area (Å²) in [5, 5.41) is 0.451. The molecule has 0 aliphatic carbocycles. The van der Waals surface area contributed by atoms with E-state index in [1.807, 2.05) is 56.3 Å². The molecule has 2 heterocycles. The first kappa shape index (κ1) is 24.4. The first-order valence-electron chi connectivity index (χ1n) is 12.4. The highest BCUT2D eigenvalue weighted by Gasteiger charge is 2.42. The molecule has 4 aromatic rings. The van der Waals surface area contributed by atoms with Gasteiger partial charge in [0.2, 0.25) is 5.76 Å². The van der Waals surface area contributed by atoms with Gasteiger partial charge in [-0.2, -0.15) is 0 Å². The van der Waals surface area contributed by atoms with Gasteiger partial charge in [0.05, 0.1) is 37.3 Å². The number of amides is 1. The summed E-state index contributed by atoms with van der Waals surface area (Å²) in [5.41, 5.74) is 2.36. The van der Waals surface area contributed by atoms with Gasteiger partial charge in [-0.25, -0.2) is 0 Å². The molecule has 0 spiro atoms. The Morgan fingerprint density at radius 1 is 0.892 bits per heavy atom. The first-order valence-corrected chi connectivity index (χ1v) is 12.4. The van der Waals surface area contributed by atoms with Gasteiger partial charge in [-0.3, -0.25) is 9.59 Å². The van der Waals surface area contributed by atoms with Crippen molar-refractivity contribution < 1.29 is 23.4 Å². The van der Waals surface area contributed by atoms with E-state index in [2.05, 4.69) is 0 Å². The molecule has 1 unspecified atom stereocenters. The topological polar surface area (TPSA) is 78.2 Å². The van der Waals surface area contributed by atoms with Crippen molar-refractivity contribution in [3.8, 4) is 17.2 Å². The van der Waals surface area contributed by atoms with Crippen LogP contribution >= 0.6 is 0 Å². The highest BCUT2D eigenvalue weighted by molar-refractivity contribution is 5.99. The molecule has 3 aromatic carbocycles. The van der Waals surface area contributed by atoms with Crippen molar-refractivity contribution in [3.63, 3.8) is 0 Å². The zero-order valence-electron chi connectivity index (χ0n) is 21.2. The van der Waals surface area contributed by atoms with Gasteiger partial charge in [-0.05, 0) is 67.8 Å². The molecular weight excluding hydrogens is 470 g/mol. The zero-order valence-corrected chi connectivity index (χ0v) is 21.2. The number of carbonyl (C=O) groups is 1. The van der Waals surface area contributed by atoms with E-state index in [0.29, 0.717) is 54.2 Å². The lowest BCUT2D eigenvalue weighted by molar-refractivity contribution is 0.0729. The number of nitrogens with zero attached hydrogens (tertiary/aromatic N) is 1. The Morgan fingerprint density at radius 3 is 2.35 bits per heavy atom. The molecule has 1 atom stereocenters. The number of fused-ring (bicyclic) bond motifs is 2. The second kappa shape index (κ2) is 10.4. The summed E-state index contributed by atoms with van der Waals surface area (Å²) in [4.78, 5) is 29.1. The van der Waals surface area contributed by atoms with Gasteiger partial charge in [0.25, 0.3) is 5.91 Å². The minimum absolute atomic E-state index is 0.0928. The van der Waals surface area contributed by atoms with Crippen LogP contribution in [-0.4, -0.2) is 37.7 Å². The van der Waals surface area contributed by atoms with Crippen LogP contribution in [0.2, 0.25) is 0 Å². The van der Waals surface area contributed by atoms with Gasteiger partial charge >= 0.3 is 0 Å². The summed E-state index contributed by atoms with van der Waals surface area (Å²) in [5.74, 6) is 1.75. The van der Waals surface area contributed by atoms with E-state index in [9.17, 15) is 9.59 Å². The smallest absolute Gasteiger partial charge is 0.290 e. The van der Waals surface area contributed by atoms with Crippen molar-refractivity contribution in [2.45, 2.75) is 26.3 Å². The lowest BCUT2D eigenvalue weighted by Gasteiger charge is -2.26. The van der Waals surface area contributed by atoms with Crippen molar-refractivity contribution in [2.24, 2.45) is 0 Å². The molecule has 7 heteroatoms. The number of para-hydroxylation sites is 1. The molecule has 0 saturated carbocycles. The fourth-order valence-electron chi connectivity index (χ4n) is 4.82. The van der Waals surface area contributed by atoms with Crippen LogP contribution in [0.15, 0.2) is 75.9 Å². The molecule has 5 rings (SSSR count). The van der Waals surface area contributed by atoms with Crippen LogP contribution < -0.4 is 19.6 Å². The maximum Gasteiger partial charge on any atom is 0.290 e. The fourth-order valence-corrected chi connectivity index (χ4v) is 4.82. The summed E-state index contributed by atoms with van der Waals surface area (Å²) >= 11 is 0. The van der Waals surface area contributed by atoms with E-state index in [1.54, 1.807) is 36.3 Å². The molecule has 1 amide bonds. The van der Waals surface area contributed by atoms with E-state index in [0.717, 1.165) is 16.9 Å². The van der Waals surface area contributed by atoms with Crippen LogP contribution in [0.4, 0.5) is 0 Å². The largest absolute Gasteiger partial charge is 0.497 e. The lowest BCUT2D eigenvalue weighted by atomic mass is 9.97. The van der Waals surface area contributed by atoms with Crippen LogP contribution in [0.1, 0.15) is 47.1 Å². The summed E-state index contributed by atoms with van der Waals surface area (Å²) in [6.45, 7) is 5.16. The van der Waals surface area contributed by atoms with Gasteiger partial charge in [-0.1, -0.05) is 30.3 Å². The van der Waals surface area contributed by atoms with Crippen LogP contribution in [-0.2, 0) is 6.42 Å².